The zero-order valence-corrected chi connectivity index (χ0v) is 11.1. The summed E-state index contributed by atoms with van der Waals surface area (Å²) in [5.74, 6) is 0.887. The predicted molar refractivity (Wildman–Crippen MR) is 75.7 cm³/mol. The molecule has 1 aromatic carbocycles. The van der Waals surface area contributed by atoms with Crippen LogP contribution in [-0.2, 0) is 6.42 Å². The number of aromatic nitrogens is 2. The molecule has 0 N–H and O–H groups in total. The van der Waals surface area contributed by atoms with E-state index in [-0.39, 0.29) is 0 Å². The maximum atomic E-state index is 5.24. The van der Waals surface area contributed by atoms with Crippen molar-refractivity contribution in [3.8, 4) is 5.75 Å². The Labute approximate surface area is 112 Å². The standard InChI is InChI=1S/C16H16N2O/c1-12-5-4-8-18-11-14(17-16(12)18)9-13-6-3-7-15(10-13)19-2/h3-8,10-11H,9H2,1-2H3. The van der Waals surface area contributed by atoms with Gasteiger partial charge in [0.1, 0.15) is 11.4 Å². The number of rotatable bonds is 3. The SMILES string of the molecule is COc1cccc(Cc2cn3cccc(C)c3n2)c1. The minimum atomic E-state index is 0.818. The largest absolute Gasteiger partial charge is 0.497 e. The molecule has 0 saturated carbocycles. The quantitative estimate of drug-likeness (QED) is 0.715. The second-order valence-corrected chi connectivity index (χ2v) is 4.68. The monoisotopic (exact) mass is 252 g/mol. The van der Waals surface area contributed by atoms with E-state index in [2.05, 4.69) is 40.7 Å². The summed E-state index contributed by atoms with van der Waals surface area (Å²) in [6.45, 7) is 2.08. The molecule has 2 heterocycles. The van der Waals surface area contributed by atoms with Gasteiger partial charge in [-0.15, -0.1) is 0 Å². The first-order valence-corrected chi connectivity index (χ1v) is 6.32. The number of methoxy groups -OCH3 is 1. The molecule has 0 atom stereocenters. The Morgan fingerprint density at radius 2 is 2.11 bits per heavy atom. The van der Waals surface area contributed by atoms with Gasteiger partial charge in [-0.25, -0.2) is 4.98 Å². The number of nitrogens with zero attached hydrogens (tertiary/aromatic N) is 2. The van der Waals surface area contributed by atoms with E-state index >= 15 is 0 Å². The third kappa shape index (κ3) is 2.32. The second kappa shape index (κ2) is 4.76. The fourth-order valence-corrected chi connectivity index (χ4v) is 2.28. The highest BCUT2D eigenvalue weighted by Gasteiger charge is 2.05. The van der Waals surface area contributed by atoms with Crippen molar-refractivity contribution in [1.29, 1.82) is 0 Å². The van der Waals surface area contributed by atoms with Crippen molar-refractivity contribution in [2.75, 3.05) is 7.11 Å². The van der Waals surface area contributed by atoms with Crippen LogP contribution in [-0.4, -0.2) is 16.5 Å². The van der Waals surface area contributed by atoms with Crippen molar-refractivity contribution in [2.24, 2.45) is 0 Å². The lowest BCUT2D eigenvalue weighted by Crippen LogP contribution is -1.90. The molecule has 19 heavy (non-hydrogen) atoms. The van der Waals surface area contributed by atoms with E-state index in [9.17, 15) is 0 Å². The Bertz CT molecular complexity index is 716. The summed E-state index contributed by atoms with van der Waals surface area (Å²) in [4.78, 5) is 4.69. The van der Waals surface area contributed by atoms with Crippen LogP contribution in [0.3, 0.4) is 0 Å². The zero-order valence-electron chi connectivity index (χ0n) is 11.1. The highest BCUT2D eigenvalue weighted by Crippen LogP contribution is 2.17. The normalized spacial score (nSPS) is 10.8. The van der Waals surface area contributed by atoms with Crippen LogP contribution >= 0.6 is 0 Å². The van der Waals surface area contributed by atoms with Crippen molar-refractivity contribution in [2.45, 2.75) is 13.3 Å². The number of pyridine rings is 1. The first-order valence-electron chi connectivity index (χ1n) is 6.32. The van der Waals surface area contributed by atoms with Crippen LogP contribution in [0.2, 0.25) is 0 Å². The molecular weight excluding hydrogens is 236 g/mol. The Hall–Kier alpha value is -2.29. The number of benzene rings is 1. The van der Waals surface area contributed by atoms with Crippen molar-refractivity contribution in [3.05, 3.63) is 65.6 Å². The van der Waals surface area contributed by atoms with E-state index in [1.165, 1.54) is 11.1 Å². The molecule has 0 saturated heterocycles. The molecule has 0 aliphatic heterocycles. The van der Waals surface area contributed by atoms with E-state index in [0.29, 0.717) is 0 Å². The Morgan fingerprint density at radius 3 is 2.89 bits per heavy atom. The summed E-state index contributed by atoms with van der Waals surface area (Å²) in [5.41, 5.74) is 4.50. The Kier molecular flexibility index (Phi) is 2.95. The molecule has 0 amide bonds. The third-order valence-electron chi connectivity index (χ3n) is 3.25. The minimum absolute atomic E-state index is 0.818. The molecule has 3 heteroatoms. The number of hydrogen-bond acceptors (Lipinski definition) is 2. The lowest BCUT2D eigenvalue weighted by molar-refractivity contribution is 0.414. The number of ether oxygens (including phenoxy) is 1. The predicted octanol–water partition coefficient (Wildman–Crippen LogP) is 3.24. The minimum Gasteiger partial charge on any atom is -0.497 e. The molecule has 3 rings (SSSR count). The van der Waals surface area contributed by atoms with Gasteiger partial charge >= 0.3 is 0 Å². The molecule has 2 aromatic heterocycles. The highest BCUT2D eigenvalue weighted by atomic mass is 16.5. The topological polar surface area (TPSA) is 26.5 Å². The molecule has 96 valence electrons. The van der Waals surface area contributed by atoms with Crippen molar-refractivity contribution >= 4 is 5.65 Å². The molecule has 0 fully saturated rings. The van der Waals surface area contributed by atoms with E-state index in [1.807, 2.05) is 24.4 Å². The van der Waals surface area contributed by atoms with Gasteiger partial charge in [0.2, 0.25) is 0 Å². The van der Waals surface area contributed by atoms with Crippen molar-refractivity contribution in [3.63, 3.8) is 0 Å². The molecule has 0 bridgehead atoms. The van der Waals surface area contributed by atoms with E-state index < -0.39 is 0 Å². The van der Waals surface area contributed by atoms with Crippen molar-refractivity contribution < 1.29 is 4.74 Å². The van der Waals surface area contributed by atoms with Gasteiger partial charge in [-0.05, 0) is 36.2 Å². The van der Waals surface area contributed by atoms with Crippen LogP contribution in [0.15, 0.2) is 48.8 Å². The fourth-order valence-electron chi connectivity index (χ4n) is 2.28. The maximum absolute atomic E-state index is 5.24. The summed E-state index contributed by atoms with van der Waals surface area (Å²) in [7, 11) is 1.69. The smallest absolute Gasteiger partial charge is 0.139 e. The molecule has 0 aliphatic carbocycles. The summed E-state index contributed by atoms with van der Waals surface area (Å²) >= 11 is 0. The average molecular weight is 252 g/mol. The van der Waals surface area contributed by atoms with Gasteiger partial charge in [-0.3, -0.25) is 0 Å². The highest BCUT2D eigenvalue weighted by molar-refractivity contribution is 5.48. The molecule has 0 aliphatic rings. The van der Waals surface area contributed by atoms with E-state index in [0.717, 1.165) is 23.5 Å². The van der Waals surface area contributed by atoms with Crippen LogP contribution < -0.4 is 4.74 Å². The molecular formula is C16H16N2O. The van der Waals surface area contributed by atoms with E-state index in [1.54, 1.807) is 7.11 Å². The molecule has 0 spiro atoms. The van der Waals surface area contributed by atoms with Gasteiger partial charge < -0.3 is 9.14 Å². The average Bonchev–Trinajstić information content (AvgIpc) is 2.83. The summed E-state index contributed by atoms with van der Waals surface area (Å²) in [5, 5.41) is 0. The van der Waals surface area contributed by atoms with Crippen LogP contribution in [0, 0.1) is 6.92 Å². The van der Waals surface area contributed by atoms with Crippen LogP contribution in [0.25, 0.3) is 5.65 Å². The zero-order chi connectivity index (χ0) is 13.2. The van der Waals surface area contributed by atoms with Gasteiger partial charge in [0.05, 0.1) is 12.8 Å². The van der Waals surface area contributed by atoms with Crippen LogP contribution in [0.4, 0.5) is 0 Å². The first-order chi connectivity index (χ1) is 9.26. The molecule has 0 unspecified atom stereocenters. The lowest BCUT2D eigenvalue weighted by Gasteiger charge is -2.02. The summed E-state index contributed by atoms with van der Waals surface area (Å²) < 4.78 is 7.32. The van der Waals surface area contributed by atoms with Gasteiger partial charge in [0, 0.05) is 18.8 Å². The fraction of sp³-hybridized carbons (Fsp3) is 0.188. The molecule has 3 aromatic rings. The van der Waals surface area contributed by atoms with Gasteiger partial charge in [0.25, 0.3) is 0 Å². The van der Waals surface area contributed by atoms with Gasteiger partial charge in [-0.2, -0.15) is 0 Å². The maximum Gasteiger partial charge on any atom is 0.139 e. The number of imidazole rings is 1. The van der Waals surface area contributed by atoms with E-state index in [4.69, 9.17) is 4.74 Å². The number of aryl methyl sites for hydroxylation is 1. The first kappa shape index (κ1) is 11.8. The Morgan fingerprint density at radius 1 is 1.21 bits per heavy atom. The Balaban J connectivity index is 1.94. The van der Waals surface area contributed by atoms with Crippen LogP contribution in [0.1, 0.15) is 16.8 Å². The van der Waals surface area contributed by atoms with Gasteiger partial charge in [0.15, 0.2) is 0 Å². The van der Waals surface area contributed by atoms with Crippen molar-refractivity contribution in [1.82, 2.24) is 9.38 Å². The molecule has 0 radical (unpaired) electrons. The van der Waals surface area contributed by atoms with Gasteiger partial charge in [-0.1, -0.05) is 18.2 Å². The summed E-state index contributed by atoms with van der Waals surface area (Å²) in [6.07, 6.45) is 4.94. The second-order valence-electron chi connectivity index (χ2n) is 4.68. The summed E-state index contributed by atoms with van der Waals surface area (Å²) in [6, 6.07) is 12.2. The molecule has 3 nitrogen and oxygen atoms in total. The number of fused-ring (bicyclic) bond motifs is 1. The van der Waals surface area contributed by atoms with Crippen LogP contribution in [0.5, 0.6) is 5.75 Å². The lowest BCUT2D eigenvalue weighted by atomic mass is 10.1. The third-order valence-corrected chi connectivity index (χ3v) is 3.25. The number of hydrogen-bond donors (Lipinski definition) is 0.